The highest BCUT2D eigenvalue weighted by Gasteiger charge is 2.41. The fraction of sp³-hybridized carbons (Fsp3) is 0.333. The lowest BCUT2D eigenvalue weighted by atomic mass is 9.86. The molecule has 3 aromatic carbocycles. The third-order valence-corrected chi connectivity index (χ3v) is 7.82. The number of hydrogen-bond donors (Lipinski definition) is 2. The first-order chi connectivity index (χ1) is 18.6. The molecule has 1 saturated heterocycles. The molecule has 0 amide bonds. The Hall–Kier alpha value is -3.30. The molecule has 6 nitrogen and oxygen atoms in total. The van der Waals surface area contributed by atoms with Crippen LogP contribution in [0.2, 0.25) is 0 Å². The first-order valence-corrected chi connectivity index (χ1v) is 13.6. The summed E-state index contributed by atoms with van der Waals surface area (Å²) in [7, 11) is 0. The molecule has 5 rings (SSSR count). The Labute approximate surface area is 234 Å². The zero-order chi connectivity index (χ0) is 28.0. The first-order valence-electron chi connectivity index (χ1n) is 12.8. The lowest BCUT2D eigenvalue weighted by Gasteiger charge is -2.38. The van der Waals surface area contributed by atoms with Crippen molar-refractivity contribution in [3.05, 3.63) is 99.5 Å². The SMILES string of the molecule is Fc1ccc(C(CCCN2CCC3(CC2)Cc2cc(Br)ccc2O3)c2ccc(F)cc2)cc1.O=C(O)C(=O)O. The van der Waals surface area contributed by atoms with Gasteiger partial charge in [-0.15, -0.1) is 0 Å². The summed E-state index contributed by atoms with van der Waals surface area (Å²) in [4.78, 5) is 20.7. The topological polar surface area (TPSA) is 87.1 Å². The van der Waals surface area contributed by atoms with Gasteiger partial charge in [0, 0.05) is 42.7 Å². The van der Waals surface area contributed by atoms with E-state index in [0.29, 0.717) is 0 Å². The fourth-order valence-electron chi connectivity index (χ4n) is 5.30. The Bertz CT molecular complexity index is 1230. The van der Waals surface area contributed by atoms with Crippen LogP contribution in [0.3, 0.4) is 0 Å². The van der Waals surface area contributed by atoms with E-state index in [1.165, 1.54) is 29.8 Å². The number of nitrogens with zero attached hydrogens (tertiary/aromatic N) is 1. The van der Waals surface area contributed by atoms with Gasteiger partial charge in [0.25, 0.3) is 0 Å². The average molecular weight is 602 g/mol. The van der Waals surface area contributed by atoms with Gasteiger partial charge < -0.3 is 19.8 Å². The van der Waals surface area contributed by atoms with Crippen molar-refractivity contribution in [2.24, 2.45) is 0 Å². The van der Waals surface area contributed by atoms with Gasteiger partial charge in [-0.1, -0.05) is 40.2 Å². The van der Waals surface area contributed by atoms with Crippen molar-refractivity contribution >= 4 is 27.9 Å². The summed E-state index contributed by atoms with van der Waals surface area (Å²) in [5, 5.41) is 14.8. The summed E-state index contributed by atoms with van der Waals surface area (Å²) >= 11 is 3.57. The van der Waals surface area contributed by atoms with E-state index >= 15 is 0 Å². The molecular formula is C30H30BrF2NO5. The van der Waals surface area contributed by atoms with Crippen LogP contribution in [0.4, 0.5) is 8.78 Å². The highest BCUT2D eigenvalue weighted by molar-refractivity contribution is 9.10. The molecule has 2 aliphatic heterocycles. The van der Waals surface area contributed by atoms with Crippen molar-refractivity contribution in [1.82, 2.24) is 4.90 Å². The number of carbonyl (C=O) groups is 2. The van der Waals surface area contributed by atoms with E-state index in [0.717, 1.165) is 73.1 Å². The van der Waals surface area contributed by atoms with Crippen molar-refractivity contribution < 1.29 is 33.3 Å². The van der Waals surface area contributed by atoms with Crippen molar-refractivity contribution in [2.75, 3.05) is 19.6 Å². The molecule has 0 atom stereocenters. The highest BCUT2D eigenvalue weighted by atomic mass is 79.9. The number of carboxylic acid groups (broad SMARTS) is 2. The molecule has 2 aliphatic rings. The van der Waals surface area contributed by atoms with Crippen LogP contribution in [-0.4, -0.2) is 52.3 Å². The maximum Gasteiger partial charge on any atom is 0.414 e. The molecule has 9 heteroatoms. The van der Waals surface area contributed by atoms with Crippen LogP contribution in [0.25, 0.3) is 0 Å². The van der Waals surface area contributed by atoms with Crippen molar-refractivity contribution in [3.63, 3.8) is 0 Å². The minimum Gasteiger partial charge on any atom is -0.487 e. The lowest BCUT2D eigenvalue weighted by molar-refractivity contribution is -0.159. The molecule has 0 aromatic heterocycles. The summed E-state index contributed by atoms with van der Waals surface area (Å²) in [6.07, 6.45) is 5.04. The van der Waals surface area contributed by atoms with Gasteiger partial charge in [0.2, 0.25) is 0 Å². The molecule has 2 heterocycles. The first kappa shape index (κ1) is 28.7. The Morgan fingerprint density at radius 1 is 0.897 bits per heavy atom. The van der Waals surface area contributed by atoms with Crippen LogP contribution in [0.1, 0.15) is 48.3 Å². The Morgan fingerprint density at radius 3 is 1.95 bits per heavy atom. The molecule has 0 radical (unpaired) electrons. The highest BCUT2D eigenvalue weighted by Crippen LogP contribution is 2.42. The number of ether oxygens (including phenoxy) is 1. The summed E-state index contributed by atoms with van der Waals surface area (Å²) in [6.45, 7) is 3.09. The smallest absolute Gasteiger partial charge is 0.414 e. The molecule has 3 aromatic rings. The predicted molar refractivity (Wildman–Crippen MR) is 146 cm³/mol. The summed E-state index contributed by atoms with van der Waals surface area (Å²) in [6, 6.07) is 19.7. The number of hydrogen-bond acceptors (Lipinski definition) is 4. The molecule has 0 saturated carbocycles. The van der Waals surface area contributed by atoms with Gasteiger partial charge in [-0.3, -0.25) is 0 Å². The second-order valence-electron chi connectivity index (χ2n) is 9.96. The van der Waals surface area contributed by atoms with Crippen LogP contribution in [-0.2, 0) is 16.0 Å². The number of benzene rings is 3. The van der Waals surface area contributed by atoms with Crippen LogP contribution in [0, 0.1) is 11.6 Å². The Kier molecular flexibility index (Phi) is 9.35. The predicted octanol–water partition coefficient (Wildman–Crippen LogP) is 6.26. The summed E-state index contributed by atoms with van der Waals surface area (Å²) in [5.41, 5.74) is 3.40. The fourth-order valence-corrected chi connectivity index (χ4v) is 5.71. The Balaban J connectivity index is 0.000000531. The van der Waals surface area contributed by atoms with Gasteiger partial charge in [0.1, 0.15) is 23.0 Å². The molecule has 0 bridgehead atoms. The number of aliphatic carboxylic acids is 2. The second kappa shape index (κ2) is 12.7. The van der Waals surface area contributed by atoms with E-state index in [-0.39, 0.29) is 23.2 Å². The number of rotatable bonds is 6. The third kappa shape index (κ3) is 7.64. The molecule has 1 spiro atoms. The monoisotopic (exact) mass is 601 g/mol. The van der Waals surface area contributed by atoms with E-state index in [4.69, 9.17) is 24.5 Å². The minimum absolute atomic E-state index is 0.0512. The summed E-state index contributed by atoms with van der Waals surface area (Å²) in [5.74, 6) is -2.95. The zero-order valence-electron chi connectivity index (χ0n) is 21.3. The van der Waals surface area contributed by atoms with Crippen LogP contribution in [0.5, 0.6) is 5.75 Å². The van der Waals surface area contributed by atoms with E-state index in [1.807, 2.05) is 30.3 Å². The number of piperidine rings is 1. The van der Waals surface area contributed by atoms with Crippen molar-refractivity contribution in [1.29, 1.82) is 0 Å². The standard InChI is InChI=1S/C28H28BrF2NO.C2H2O4/c29-23-7-12-27-22(18-23)19-28(33-27)13-16-32(17-14-28)15-1-2-26(20-3-8-24(30)9-4-20)21-5-10-25(31)11-6-21;3-1(4)2(5)6/h3-12,18,26H,1-2,13-17,19H2;(H,3,4)(H,5,6). The number of likely N-dealkylation sites (tertiary alicyclic amines) is 1. The maximum atomic E-state index is 13.5. The Morgan fingerprint density at radius 2 is 1.44 bits per heavy atom. The molecule has 206 valence electrons. The maximum absolute atomic E-state index is 13.5. The van der Waals surface area contributed by atoms with E-state index < -0.39 is 11.9 Å². The molecule has 0 unspecified atom stereocenters. The van der Waals surface area contributed by atoms with Gasteiger partial charge in [-0.25, -0.2) is 18.4 Å². The van der Waals surface area contributed by atoms with Crippen LogP contribution in [0.15, 0.2) is 71.2 Å². The number of fused-ring (bicyclic) bond motifs is 1. The second-order valence-corrected chi connectivity index (χ2v) is 10.9. The molecule has 1 fully saturated rings. The lowest BCUT2D eigenvalue weighted by Crippen LogP contribution is -2.47. The molecular weight excluding hydrogens is 572 g/mol. The molecule has 0 aliphatic carbocycles. The van der Waals surface area contributed by atoms with E-state index in [1.54, 1.807) is 0 Å². The summed E-state index contributed by atoms with van der Waals surface area (Å²) < 4.78 is 34.4. The number of carboxylic acids is 2. The van der Waals surface area contributed by atoms with Gasteiger partial charge >= 0.3 is 11.9 Å². The van der Waals surface area contributed by atoms with Gasteiger partial charge in [-0.2, -0.15) is 0 Å². The average Bonchev–Trinajstić information content (AvgIpc) is 3.26. The van der Waals surface area contributed by atoms with E-state index in [2.05, 4.69) is 33.0 Å². The number of halogens is 3. The normalized spacial score (nSPS) is 15.8. The van der Waals surface area contributed by atoms with E-state index in [9.17, 15) is 8.78 Å². The largest absolute Gasteiger partial charge is 0.487 e. The van der Waals surface area contributed by atoms with Crippen molar-refractivity contribution in [2.45, 2.75) is 43.6 Å². The van der Waals surface area contributed by atoms with Gasteiger partial charge in [0.05, 0.1) is 0 Å². The quantitative estimate of drug-likeness (QED) is 0.324. The van der Waals surface area contributed by atoms with Gasteiger partial charge in [0.15, 0.2) is 0 Å². The van der Waals surface area contributed by atoms with Crippen LogP contribution >= 0.6 is 15.9 Å². The molecule has 2 N–H and O–H groups in total. The van der Waals surface area contributed by atoms with Crippen molar-refractivity contribution in [3.8, 4) is 5.75 Å². The zero-order valence-corrected chi connectivity index (χ0v) is 22.9. The van der Waals surface area contributed by atoms with Crippen LogP contribution < -0.4 is 4.74 Å². The minimum atomic E-state index is -1.82. The molecule has 39 heavy (non-hydrogen) atoms. The third-order valence-electron chi connectivity index (χ3n) is 7.32. The van der Waals surface area contributed by atoms with Gasteiger partial charge in [-0.05, 0) is 78.5 Å².